The van der Waals surface area contributed by atoms with E-state index in [2.05, 4.69) is 70.3 Å². The number of halogens is 1. The first-order valence-electron chi connectivity index (χ1n) is 10.2. The number of hydrogen-bond donors (Lipinski definition) is 0. The molecule has 0 N–H and O–H groups in total. The number of rotatable bonds is 4. The molecular weight excluding hydrogens is 440 g/mol. The Bertz CT molecular complexity index is 1090. The Morgan fingerprint density at radius 2 is 1.83 bits per heavy atom. The zero-order chi connectivity index (χ0) is 20.7. The highest BCUT2D eigenvalue weighted by molar-refractivity contribution is 9.10. The molecule has 2 aliphatic rings. The summed E-state index contributed by atoms with van der Waals surface area (Å²) in [7, 11) is 0. The van der Waals surface area contributed by atoms with Crippen molar-refractivity contribution in [2.45, 2.75) is 32.5 Å². The van der Waals surface area contributed by atoms with Crippen molar-refractivity contribution in [1.82, 2.24) is 5.01 Å². The normalized spacial score (nSPS) is 19.6. The molecule has 3 aromatic carbocycles. The number of benzene rings is 3. The van der Waals surface area contributed by atoms with Gasteiger partial charge in [-0.1, -0.05) is 45.8 Å². The third-order valence-electron chi connectivity index (χ3n) is 5.61. The lowest BCUT2D eigenvalue weighted by molar-refractivity contribution is -0.0191. The van der Waals surface area contributed by atoms with Crippen LogP contribution in [0.4, 0.5) is 0 Å². The van der Waals surface area contributed by atoms with Crippen LogP contribution in [0.5, 0.6) is 11.5 Å². The van der Waals surface area contributed by atoms with Crippen molar-refractivity contribution in [3.63, 3.8) is 0 Å². The van der Waals surface area contributed by atoms with Gasteiger partial charge in [0.25, 0.3) is 0 Å². The van der Waals surface area contributed by atoms with Crippen LogP contribution in [0.1, 0.15) is 47.9 Å². The van der Waals surface area contributed by atoms with Gasteiger partial charge in [-0.3, -0.25) is 0 Å². The molecular formula is C25H23BrN2O2. The molecule has 5 heteroatoms. The minimum absolute atomic E-state index is 0.138. The summed E-state index contributed by atoms with van der Waals surface area (Å²) in [4.78, 5) is 0. The molecule has 0 saturated carbocycles. The Hall–Kier alpha value is -2.79. The molecule has 0 unspecified atom stereocenters. The molecule has 0 spiro atoms. The predicted molar refractivity (Wildman–Crippen MR) is 122 cm³/mol. The summed E-state index contributed by atoms with van der Waals surface area (Å²) in [6.07, 6.45) is 0.575. The van der Waals surface area contributed by atoms with E-state index in [0.717, 1.165) is 44.8 Å². The van der Waals surface area contributed by atoms with Gasteiger partial charge in [0.2, 0.25) is 6.23 Å². The van der Waals surface area contributed by atoms with Gasteiger partial charge in [0.15, 0.2) is 0 Å². The van der Waals surface area contributed by atoms with Crippen LogP contribution in [0.2, 0.25) is 0 Å². The maximum atomic E-state index is 6.45. The third-order valence-corrected chi connectivity index (χ3v) is 6.11. The molecule has 0 aliphatic carbocycles. The maximum absolute atomic E-state index is 6.45. The van der Waals surface area contributed by atoms with E-state index in [0.29, 0.717) is 6.61 Å². The average molecular weight is 463 g/mol. The van der Waals surface area contributed by atoms with Crippen LogP contribution < -0.4 is 9.47 Å². The molecule has 5 rings (SSSR count). The molecule has 2 aliphatic heterocycles. The highest BCUT2D eigenvalue weighted by atomic mass is 79.9. The minimum Gasteiger partial charge on any atom is -0.494 e. The Kier molecular flexibility index (Phi) is 4.99. The molecule has 0 bridgehead atoms. The quantitative estimate of drug-likeness (QED) is 0.449. The smallest absolute Gasteiger partial charge is 0.213 e. The summed E-state index contributed by atoms with van der Waals surface area (Å²) < 4.78 is 13.1. The van der Waals surface area contributed by atoms with Crippen molar-refractivity contribution in [3.05, 3.63) is 93.5 Å². The van der Waals surface area contributed by atoms with Crippen molar-refractivity contribution in [2.24, 2.45) is 5.10 Å². The Morgan fingerprint density at radius 3 is 2.57 bits per heavy atom. The number of nitrogens with zero attached hydrogens (tertiary/aromatic N) is 2. The average Bonchev–Trinajstić information content (AvgIpc) is 3.20. The van der Waals surface area contributed by atoms with Gasteiger partial charge in [-0.25, -0.2) is 5.01 Å². The van der Waals surface area contributed by atoms with Gasteiger partial charge in [0, 0.05) is 22.0 Å². The number of hydrogen-bond acceptors (Lipinski definition) is 4. The standard InChI is InChI=1S/C25H23BrN2O2/c1-3-29-20-11-8-18(9-12-20)25-28-23(21-14-19(26)10-13-24(21)30-25)15-22(27-28)17-6-4-16(2)5-7-17/h4-14,23,25H,3,15H2,1-2H3/t23-,25+/m1/s1. The second kappa shape index (κ2) is 7.80. The van der Waals surface area contributed by atoms with E-state index in [1.807, 2.05) is 31.2 Å². The van der Waals surface area contributed by atoms with Gasteiger partial charge in [-0.05, 0) is 61.9 Å². The Morgan fingerprint density at radius 1 is 1.07 bits per heavy atom. The SMILES string of the molecule is CCOc1ccc([C@@H]2Oc3ccc(Br)cc3[C@H]3CC(c4ccc(C)cc4)=NN32)cc1. The van der Waals surface area contributed by atoms with Gasteiger partial charge >= 0.3 is 0 Å². The second-order valence-electron chi connectivity index (χ2n) is 7.67. The summed E-state index contributed by atoms with van der Waals surface area (Å²) in [6.45, 7) is 4.75. The summed E-state index contributed by atoms with van der Waals surface area (Å²) in [6, 6.07) is 23.1. The second-order valence-corrected chi connectivity index (χ2v) is 8.58. The molecule has 2 heterocycles. The fourth-order valence-electron chi connectivity index (χ4n) is 4.09. The minimum atomic E-state index is -0.276. The van der Waals surface area contributed by atoms with Crippen LogP contribution in [-0.2, 0) is 0 Å². The molecule has 0 aromatic heterocycles. The number of hydrazone groups is 1. The van der Waals surface area contributed by atoms with Crippen molar-refractivity contribution < 1.29 is 9.47 Å². The Balaban J connectivity index is 1.55. The molecule has 30 heavy (non-hydrogen) atoms. The topological polar surface area (TPSA) is 34.1 Å². The number of ether oxygens (including phenoxy) is 2. The third kappa shape index (κ3) is 3.47. The summed E-state index contributed by atoms with van der Waals surface area (Å²) in [5.74, 6) is 1.78. The maximum Gasteiger partial charge on any atom is 0.213 e. The fourth-order valence-corrected chi connectivity index (χ4v) is 4.47. The summed E-state index contributed by atoms with van der Waals surface area (Å²) in [5, 5.41) is 7.14. The van der Waals surface area contributed by atoms with E-state index >= 15 is 0 Å². The van der Waals surface area contributed by atoms with Crippen molar-refractivity contribution >= 4 is 21.6 Å². The summed E-state index contributed by atoms with van der Waals surface area (Å²) >= 11 is 3.61. The largest absolute Gasteiger partial charge is 0.494 e. The molecule has 152 valence electrons. The number of aryl methyl sites for hydroxylation is 1. The predicted octanol–water partition coefficient (Wildman–Crippen LogP) is 6.40. The van der Waals surface area contributed by atoms with E-state index in [9.17, 15) is 0 Å². The molecule has 0 fully saturated rings. The van der Waals surface area contributed by atoms with Crippen LogP contribution >= 0.6 is 15.9 Å². The lowest BCUT2D eigenvalue weighted by atomic mass is 9.95. The lowest BCUT2D eigenvalue weighted by Gasteiger charge is -2.38. The molecule has 2 atom stereocenters. The van der Waals surface area contributed by atoms with Crippen molar-refractivity contribution in [2.75, 3.05) is 6.61 Å². The van der Waals surface area contributed by atoms with Gasteiger partial charge < -0.3 is 9.47 Å². The molecule has 4 nitrogen and oxygen atoms in total. The zero-order valence-electron chi connectivity index (χ0n) is 17.0. The molecule has 0 radical (unpaired) electrons. The first-order valence-corrected chi connectivity index (χ1v) is 11.0. The number of fused-ring (bicyclic) bond motifs is 3. The van der Waals surface area contributed by atoms with Crippen molar-refractivity contribution in [3.8, 4) is 11.5 Å². The Labute approximate surface area is 185 Å². The zero-order valence-corrected chi connectivity index (χ0v) is 18.6. The van der Waals surface area contributed by atoms with Gasteiger partial charge in [0.1, 0.15) is 11.5 Å². The van der Waals surface area contributed by atoms with E-state index in [4.69, 9.17) is 14.6 Å². The summed E-state index contributed by atoms with van der Waals surface area (Å²) in [5.41, 5.74) is 5.73. The fraction of sp³-hybridized carbons (Fsp3) is 0.240. The van der Waals surface area contributed by atoms with Gasteiger partial charge in [0.05, 0.1) is 18.4 Å². The van der Waals surface area contributed by atoms with Crippen LogP contribution in [0.3, 0.4) is 0 Å². The van der Waals surface area contributed by atoms with Crippen LogP contribution in [-0.4, -0.2) is 17.3 Å². The molecule has 3 aromatic rings. The monoisotopic (exact) mass is 462 g/mol. The molecule has 0 amide bonds. The van der Waals surface area contributed by atoms with E-state index in [1.54, 1.807) is 0 Å². The first-order chi connectivity index (χ1) is 14.6. The molecule has 0 saturated heterocycles. The van der Waals surface area contributed by atoms with Gasteiger partial charge in [-0.2, -0.15) is 5.10 Å². The van der Waals surface area contributed by atoms with E-state index in [1.165, 1.54) is 5.56 Å². The highest BCUT2D eigenvalue weighted by Gasteiger charge is 2.41. The first kappa shape index (κ1) is 19.2. The van der Waals surface area contributed by atoms with E-state index < -0.39 is 0 Å². The lowest BCUT2D eigenvalue weighted by Crippen LogP contribution is -2.33. The highest BCUT2D eigenvalue weighted by Crippen LogP contribution is 2.48. The van der Waals surface area contributed by atoms with E-state index in [-0.39, 0.29) is 12.3 Å². The van der Waals surface area contributed by atoms with Crippen LogP contribution in [0.15, 0.2) is 76.3 Å². The van der Waals surface area contributed by atoms with Crippen LogP contribution in [0, 0.1) is 6.92 Å². The van der Waals surface area contributed by atoms with Crippen LogP contribution in [0.25, 0.3) is 0 Å². The van der Waals surface area contributed by atoms with Crippen molar-refractivity contribution in [1.29, 1.82) is 0 Å². The van der Waals surface area contributed by atoms with Gasteiger partial charge in [-0.15, -0.1) is 0 Å².